The first kappa shape index (κ1) is 12.0. The Kier molecular flexibility index (Phi) is 4.59. The molecule has 0 spiro atoms. The number of rotatable bonds is 7. The Labute approximate surface area is 90.8 Å². The molecule has 0 aromatic carbocycles. The summed E-state index contributed by atoms with van der Waals surface area (Å²) in [6, 6.07) is 0.478. The molecule has 86 valence electrons. The fourth-order valence-corrected chi connectivity index (χ4v) is 1.70. The summed E-state index contributed by atoms with van der Waals surface area (Å²) in [5, 5.41) is 0. The third-order valence-electron chi connectivity index (χ3n) is 2.59. The van der Waals surface area contributed by atoms with Gasteiger partial charge in [-0.05, 0) is 25.7 Å². The van der Waals surface area contributed by atoms with Gasteiger partial charge in [-0.25, -0.2) is 0 Å². The molecule has 15 heavy (non-hydrogen) atoms. The van der Waals surface area contributed by atoms with Gasteiger partial charge in [-0.15, -0.1) is 0 Å². The molecule has 0 unspecified atom stereocenters. The summed E-state index contributed by atoms with van der Waals surface area (Å²) in [4.78, 5) is 24.2. The zero-order valence-electron chi connectivity index (χ0n) is 9.37. The summed E-state index contributed by atoms with van der Waals surface area (Å²) in [7, 11) is 0. The molecule has 0 saturated heterocycles. The number of carbonyl (C=O) groups excluding carboxylic acids is 2. The molecule has 0 aliphatic heterocycles. The van der Waals surface area contributed by atoms with Gasteiger partial charge in [-0.1, -0.05) is 6.92 Å². The molecule has 1 saturated carbocycles. The number of primary amides is 1. The maximum Gasteiger partial charge on any atom is 0.222 e. The molecule has 1 aliphatic carbocycles. The van der Waals surface area contributed by atoms with Crippen molar-refractivity contribution in [3.63, 3.8) is 0 Å². The Morgan fingerprint density at radius 3 is 2.47 bits per heavy atom. The molecule has 0 heterocycles. The van der Waals surface area contributed by atoms with E-state index in [1.807, 2.05) is 4.90 Å². The monoisotopic (exact) mass is 212 g/mol. The number of nitrogens with two attached hydrogens (primary N) is 1. The van der Waals surface area contributed by atoms with E-state index in [-0.39, 0.29) is 11.8 Å². The van der Waals surface area contributed by atoms with Crippen LogP contribution in [0.25, 0.3) is 0 Å². The van der Waals surface area contributed by atoms with Crippen LogP contribution in [0.2, 0.25) is 0 Å². The minimum atomic E-state index is -0.323. The Balaban J connectivity index is 2.25. The lowest BCUT2D eigenvalue weighted by molar-refractivity contribution is -0.132. The average Bonchev–Trinajstić information content (AvgIpc) is 2.96. The van der Waals surface area contributed by atoms with Crippen LogP contribution >= 0.6 is 0 Å². The summed E-state index contributed by atoms with van der Waals surface area (Å²) in [5.74, 6) is -0.142. The first-order chi connectivity index (χ1) is 7.15. The van der Waals surface area contributed by atoms with Crippen molar-refractivity contribution in [1.29, 1.82) is 0 Å². The Morgan fingerprint density at radius 2 is 2.00 bits per heavy atom. The molecule has 0 bridgehead atoms. The predicted octanol–water partition coefficient (Wildman–Crippen LogP) is 1.04. The van der Waals surface area contributed by atoms with E-state index in [1.54, 1.807) is 0 Å². The second-order valence-electron chi connectivity index (χ2n) is 4.14. The summed E-state index contributed by atoms with van der Waals surface area (Å²) in [6.07, 6.45) is 4.64. The van der Waals surface area contributed by atoms with Gasteiger partial charge >= 0.3 is 0 Å². The van der Waals surface area contributed by atoms with Crippen molar-refractivity contribution >= 4 is 11.8 Å². The van der Waals surface area contributed by atoms with E-state index in [4.69, 9.17) is 5.73 Å². The van der Waals surface area contributed by atoms with Crippen LogP contribution in [0.1, 0.15) is 45.4 Å². The predicted molar refractivity (Wildman–Crippen MR) is 58.1 cm³/mol. The molecule has 2 amide bonds. The van der Waals surface area contributed by atoms with Gasteiger partial charge in [0.15, 0.2) is 0 Å². The first-order valence-corrected chi connectivity index (χ1v) is 5.73. The van der Waals surface area contributed by atoms with Crippen molar-refractivity contribution in [3.8, 4) is 0 Å². The molecule has 1 fully saturated rings. The lowest BCUT2D eigenvalue weighted by atomic mass is 10.2. The van der Waals surface area contributed by atoms with Crippen LogP contribution in [0, 0.1) is 0 Å². The second-order valence-corrected chi connectivity index (χ2v) is 4.14. The van der Waals surface area contributed by atoms with Gasteiger partial charge in [0.1, 0.15) is 0 Å². The third kappa shape index (κ3) is 4.32. The first-order valence-electron chi connectivity index (χ1n) is 5.73. The minimum absolute atomic E-state index is 0.181. The lowest BCUT2D eigenvalue weighted by Crippen LogP contribution is -2.33. The Morgan fingerprint density at radius 1 is 1.33 bits per heavy atom. The van der Waals surface area contributed by atoms with Crippen LogP contribution in [0.4, 0.5) is 0 Å². The van der Waals surface area contributed by atoms with E-state index in [2.05, 4.69) is 6.92 Å². The van der Waals surface area contributed by atoms with Crippen LogP contribution in [-0.4, -0.2) is 29.3 Å². The molecular formula is C11H20N2O2. The van der Waals surface area contributed by atoms with Gasteiger partial charge in [0.2, 0.25) is 11.8 Å². The fourth-order valence-electron chi connectivity index (χ4n) is 1.70. The normalized spacial score (nSPS) is 15.0. The Hall–Kier alpha value is -1.06. The van der Waals surface area contributed by atoms with Gasteiger partial charge in [-0.3, -0.25) is 9.59 Å². The molecule has 0 radical (unpaired) electrons. The third-order valence-corrected chi connectivity index (χ3v) is 2.59. The van der Waals surface area contributed by atoms with Gasteiger partial charge in [0.25, 0.3) is 0 Å². The maximum absolute atomic E-state index is 11.8. The van der Waals surface area contributed by atoms with E-state index < -0.39 is 0 Å². The SMILES string of the molecule is CCCN(C(=O)CCCC(N)=O)C1CC1. The lowest BCUT2D eigenvalue weighted by Gasteiger charge is -2.21. The van der Waals surface area contributed by atoms with Crippen LogP contribution in [-0.2, 0) is 9.59 Å². The molecule has 1 aliphatic rings. The molecule has 2 N–H and O–H groups in total. The highest BCUT2D eigenvalue weighted by Crippen LogP contribution is 2.27. The van der Waals surface area contributed by atoms with Crippen molar-refractivity contribution in [1.82, 2.24) is 4.90 Å². The number of amides is 2. The summed E-state index contributed by atoms with van der Waals surface area (Å²) in [5.41, 5.74) is 5.02. The molecule has 0 atom stereocenters. The zero-order chi connectivity index (χ0) is 11.3. The molecular weight excluding hydrogens is 192 g/mol. The number of hydrogen-bond acceptors (Lipinski definition) is 2. The highest BCUT2D eigenvalue weighted by molar-refractivity contribution is 5.78. The molecule has 4 nitrogen and oxygen atoms in total. The Bertz CT molecular complexity index is 237. The van der Waals surface area contributed by atoms with E-state index >= 15 is 0 Å². The van der Waals surface area contributed by atoms with Crippen molar-refractivity contribution in [2.45, 2.75) is 51.5 Å². The van der Waals surface area contributed by atoms with Crippen molar-refractivity contribution in [2.75, 3.05) is 6.54 Å². The minimum Gasteiger partial charge on any atom is -0.370 e. The largest absolute Gasteiger partial charge is 0.370 e. The zero-order valence-corrected chi connectivity index (χ0v) is 9.37. The fraction of sp³-hybridized carbons (Fsp3) is 0.818. The van der Waals surface area contributed by atoms with Crippen molar-refractivity contribution in [2.24, 2.45) is 5.73 Å². The number of nitrogens with zero attached hydrogens (tertiary/aromatic N) is 1. The topological polar surface area (TPSA) is 63.4 Å². The molecule has 1 rings (SSSR count). The van der Waals surface area contributed by atoms with E-state index in [0.29, 0.717) is 25.3 Å². The maximum atomic E-state index is 11.8. The molecule has 0 aromatic heterocycles. The van der Waals surface area contributed by atoms with Gasteiger partial charge < -0.3 is 10.6 Å². The molecule has 4 heteroatoms. The van der Waals surface area contributed by atoms with Crippen LogP contribution < -0.4 is 5.73 Å². The summed E-state index contributed by atoms with van der Waals surface area (Å²) < 4.78 is 0. The van der Waals surface area contributed by atoms with Gasteiger partial charge in [-0.2, -0.15) is 0 Å². The number of hydrogen-bond donors (Lipinski definition) is 1. The summed E-state index contributed by atoms with van der Waals surface area (Å²) in [6.45, 7) is 2.92. The summed E-state index contributed by atoms with van der Waals surface area (Å²) >= 11 is 0. The van der Waals surface area contributed by atoms with Crippen molar-refractivity contribution < 1.29 is 9.59 Å². The van der Waals surface area contributed by atoms with E-state index in [9.17, 15) is 9.59 Å². The van der Waals surface area contributed by atoms with E-state index in [0.717, 1.165) is 25.8 Å². The van der Waals surface area contributed by atoms with Gasteiger partial charge in [0.05, 0.1) is 0 Å². The average molecular weight is 212 g/mol. The second kappa shape index (κ2) is 5.73. The highest BCUT2D eigenvalue weighted by Gasteiger charge is 2.31. The molecule has 0 aromatic rings. The van der Waals surface area contributed by atoms with Crippen LogP contribution in [0.3, 0.4) is 0 Å². The van der Waals surface area contributed by atoms with Crippen molar-refractivity contribution in [3.05, 3.63) is 0 Å². The smallest absolute Gasteiger partial charge is 0.222 e. The van der Waals surface area contributed by atoms with E-state index in [1.165, 1.54) is 0 Å². The highest BCUT2D eigenvalue weighted by atomic mass is 16.2. The quantitative estimate of drug-likeness (QED) is 0.685. The van der Waals surface area contributed by atoms with Crippen LogP contribution in [0.5, 0.6) is 0 Å². The number of carbonyl (C=O) groups is 2. The van der Waals surface area contributed by atoms with Crippen LogP contribution in [0.15, 0.2) is 0 Å². The standard InChI is InChI=1S/C11H20N2O2/c1-2-8-13(9-6-7-9)11(15)5-3-4-10(12)14/h9H,2-8H2,1H3,(H2,12,14). The van der Waals surface area contributed by atoms with Gasteiger partial charge in [0, 0.05) is 25.4 Å².